The zero-order valence-corrected chi connectivity index (χ0v) is 12.6. The second kappa shape index (κ2) is 6.10. The number of nitrogens with one attached hydrogen (secondary N) is 1. The number of benzene rings is 1. The molecule has 1 aromatic rings. The Morgan fingerprint density at radius 2 is 2.20 bits per heavy atom. The van der Waals surface area contributed by atoms with Gasteiger partial charge in [0.05, 0.1) is 6.61 Å². The molecule has 0 fully saturated rings. The monoisotopic (exact) mass is 280 g/mol. The van der Waals surface area contributed by atoms with Crippen LogP contribution in [-0.2, 0) is 6.42 Å². The van der Waals surface area contributed by atoms with Crippen LogP contribution in [0, 0.1) is 5.82 Å². The van der Waals surface area contributed by atoms with Crippen molar-refractivity contribution in [2.24, 2.45) is 0 Å². The molecule has 1 unspecified atom stereocenters. The van der Waals surface area contributed by atoms with Gasteiger partial charge in [-0.1, -0.05) is 19.9 Å². The van der Waals surface area contributed by atoms with Gasteiger partial charge in [-0.3, -0.25) is 0 Å². The number of hydrogen-bond acceptors (Lipinski definition) is 3. The molecule has 2 N–H and O–H groups in total. The Kier molecular flexibility index (Phi) is 4.66. The Morgan fingerprint density at radius 1 is 1.45 bits per heavy atom. The zero-order valence-electron chi connectivity index (χ0n) is 12.6. The smallest absolute Gasteiger partial charge is 0.125 e. The van der Waals surface area contributed by atoms with Crippen LogP contribution in [0.25, 0.3) is 0 Å². The summed E-state index contributed by atoms with van der Waals surface area (Å²) in [5.41, 5.74) is 1.94. The number of fused-ring (bicyclic) bond motifs is 1. The average molecular weight is 280 g/mol. The Bertz CT molecular complexity index is 464. The van der Waals surface area contributed by atoms with E-state index in [-0.39, 0.29) is 18.0 Å². The maximum absolute atomic E-state index is 13.4. The number of halogens is 1. The first-order valence-electron chi connectivity index (χ1n) is 7.35. The van der Waals surface area contributed by atoms with E-state index in [1.807, 2.05) is 13.0 Å². The third-order valence-corrected chi connectivity index (χ3v) is 3.96. The maximum atomic E-state index is 13.4. The van der Waals surface area contributed by atoms with E-state index in [0.29, 0.717) is 6.04 Å². The van der Waals surface area contributed by atoms with Crippen molar-refractivity contribution in [1.82, 2.24) is 5.32 Å². The van der Waals surface area contributed by atoms with Gasteiger partial charge in [-0.05, 0) is 37.5 Å². The lowest BCUT2D eigenvalue weighted by Crippen LogP contribution is -2.50. The standard InChI is InChI=1S/C16H25FN2O/c1-12(2)18-16(3,11-20)7-9-19-8-6-13-4-5-14(17)10-15(13)19/h4-5,10,12,18,20H,6-9,11H2,1-3H3. The lowest BCUT2D eigenvalue weighted by atomic mass is 9.97. The summed E-state index contributed by atoms with van der Waals surface area (Å²) in [7, 11) is 0. The van der Waals surface area contributed by atoms with Gasteiger partial charge in [0.15, 0.2) is 0 Å². The highest BCUT2D eigenvalue weighted by Gasteiger charge is 2.27. The van der Waals surface area contributed by atoms with Crippen LogP contribution in [0.5, 0.6) is 0 Å². The number of rotatable bonds is 6. The van der Waals surface area contributed by atoms with E-state index >= 15 is 0 Å². The summed E-state index contributed by atoms with van der Waals surface area (Å²) < 4.78 is 13.4. The minimum Gasteiger partial charge on any atom is -0.394 e. The van der Waals surface area contributed by atoms with Gasteiger partial charge in [-0.15, -0.1) is 0 Å². The molecule has 0 saturated carbocycles. The molecule has 3 nitrogen and oxygen atoms in total. The van der Waals surface area contributed by atoms with Crippen LogP contribution in [0.3, 0.4) is 0 Å². The molecular formula is C16H25FN2O. The molecule has 4 heteroatoms. The van der Waals surface area contributed by atoms with E-state index in [2.05, 4.69) is 24.1 Å². The van der Waals surface area contributed by atoms with Crippen molar-refractivity contribution in [3.05, 3.63) is 29.6 Å². The minimum atomic E-state index is -0.287. The molecule has 0 saturated heterocycles. The number of hydrogen-bond donors (Lipinski definition) is 2. The Morgan fingerprint density at radius 3 is 2.85 bits per heavy atom. The molecule has 1 aliphatic heterocycles. The van der Waals surface area contributed by atoms with Crippen molar-refractivity contribution in [2.75, 3.05) is 24.6 Å². The van der Waals surface area contributed by atoms with E-state index < -0.39 is 0 Å². The van der Waals surface area contributed by atoms with Crippen molar-refractivity contribution >= 4 is 5.69 Å². The maximum Gasteiger partial charge on any atom is 0.125 e. The lowest BCUT2D eigenvalue weighted by molar-refractivity contribution is 0.158. The molecule has 0 aromatic heterocycles. The predicted molar refractivity (Wildman–Crippen MR) is 80.7 cm³/mol. The molecule has 0 amide bonds. The molecule has 2 rings (SSSR count). The van der Waals surface area contributed by atoms with Crippen molar-refractivity contribution < 1.29 is 9.50 Å². The largest absolute Gasteiger partial charge is 0.394 e. The number of nitrogens with zero attached hydrogens (tertiary/aromatic N) is 1. The normalized spacial score (nSPS) is 17.4. The van der Waals surface area contributed by atoms with E-state index in [9.17, 15) is 9.50 Å². The Hall–Kier alpha value is -1.13. The summed E-state index contributed by atoms with van der Waals surface area (Å²) in [6.45, 7) is 8.06. The van der Waals surface area contributed by atoms with Gasteiger partial charge in [0.1, 0.15) is 5.82 Å². The first-order valence-corrected chi connectivity index (χ1v) is 7.35. The number of aliphatic hydroxyl groups excluding tert-OH is 1. The minimum absolute atomic E-state index is 0.106. The van der Waals surface area contributed by atoms with Gasteiger partial charge < -0.3 is 15.3 Å². The highest BCUT2D eigenvalue weighted by atomic mass is 19.1. The summed E-state index contributed by atoms with van der Waals surface area (Å²) in [5.74, 6) is -0.180. The topological polar surface area (TPSA) is 35.5 Å². The lowest BCUT2D eigenvalue weighted by Gasteiger charge is -2.33. The Balaban J connectivity index is 2.01. The van der Waals surface area contributed by atoms with E-state index in [4.69, 9.17) is 0 Å². The molecule has 1 atom stereocenters. The quantitative estimate of drug-likeness (QED) is 0.839. The highest BCUT2D eigenvalue weighted by Crippen LogP contribution is 2.29. The van der Waals surface area contributed by atoms with Crippen LogP contribution in [0.1, 0.15) is 32.8 Å². The summed E-state index contributed by atoms with van der Waals surface area (Å²) in [6.07, 6.45) is 1.81. The van der Waals surface area contributed by atoms with Crippen molar-refractivity contribution in [2.45, 2.75) is 45.2 Å². The predicted octanol–water partition coefficient (Wildman–Crippen LogP) is 2.33. The third-order valence-electron chi connectivity index (χ3n) is 3.96. The van der Waals surface area contributed by atoms with Crippen LogP contribution >= 0.6 is 0 Å². The molecule has 0 bridgehead atoms. The summed E-state index contributed by atoms with van der Waals surface area (Å²) >= 11 is 0. The SMILES string of the molecule is CC(C)NC(C)(CO)CCN1CCc2ccc(F)cc21. The molecular weight excluding hydrogens is 255 g/mol. The number of anilines is 1. The Labute approximate surface area is 120 Å². The molecule has 0 spiro atoms. The second-order valence-electron chi connectivity index (χ2n) is 6.28. The third kappa shape index (κ3) is 3.49. The molecule has 20 heavy (non-hydrogen) atoms. The van der Waals surface area contributed by atoms with Gasteiger partial charge in [-0.25, -0.2) is 4.39 Å². The van der Waals surface area contributed by atoms with Crippen LogP contribution in [-0.4, -0.2) is 36.4 Å². The molecule has 1 aromatic carbocycles. The van der Waals surface area contributed by atoms with Gasteiger partial charge in [0.2, 0.25) is 0 Å². The second-order valence-corrected chi connectivity index (χ2v) is 6.28. The fourth-order valence-electron chi connectivity index (χ4n) is 2.93. The van der Waals surface area contributed by atoms with Crippen molar-refractivity contribution in [3.8, 4) is 0 Å². The summed E-state index contributed by atoms with van der Waals surface area (Å²) in [5, 5.41) is 13.0. The van der Waals surface area contributed by atoms with E-state index in [1.165, 1.54) is 11.6 Å². The first kappa shape index (κ1) is 15.3. The number of aliphatic hydroxyl groups is 1. The molecule has 1 heterocycles. The van der Waals surface area contributed by atoms with Gasteiger partial charge in [0.25, 0.3) is 0 Å². The summed E-state index contributed by atoms with van der Waals surface area (Å²) in [4.78, 5) is 2.22. The fourth-order valence-corrected chi connectivity index (χ4v) is 2.93. The molecule has 112 valence electrons. The zero-order chi connectivity index (χ0) is 14.8. The fraction of sp³-hybridized carbons (Fsp3) is 0.625. The van der Waals surface area contributed by atoms with Crippen LogP contribution in [0.4, 0.5) is 10.1 Å². The van der Waals surface area contributed by atoms with Crippen LogP contribution in [0.15, 0.2) is 18.2 Å². The van der Waals surface area contributed by atoms with E-state index in [1.54, 1.807) is 6.07 Å². The van der Waals surface area contributed by atoms with Crippen molar-refractivity contribution in [1.29, 1.82) is 0 Å². The van der Waals surface area contributed by atoms with Crippen LogP contribution < -0.4 is 10.2 Å². The molecule has 1 aliphatic rings. The van der Waals surface area contributed by atoms with Crippen molar-refractivity contribution in [3.63, 3.8) is 0 Å². The highest BCUT2D eigenvalue weighted by molar-refractivity contribution is 5.58. The van der Waals surface area contributed by atoms with Gasteiger partial charge in [0, 0.05) is 30.4 Å². The van der Waals surface area contributed by atoms with Gasteiger partial charge >= 0.3 is 0 Å². The molecule has 0 aliphatic carbocycles. The summed E-state index contributed by atoms with van der Waals surface area (Å²) in [6, 6.07) is 5.35. The first-order chi connectivity index (χ1) is 9.43. The van der Waals surface area contributed by atoms with E-state index in [0.717, 1.165) is 31.6 Å². The van der Waals surface area contributed by atoms with Crippen LogP contribution in [0.2, 0.25) is 0 Å². The van der Waals surface area contributed by atoms with Gasteiger partial charge in [-0.2, -0.15) is 0 Å². The average Bonchev–Trinajstić information content (AvgIpc) is 2.78. The molecule has 0 radical (unpaired) electrons.